The normalized spacial score (nSPS) is 26.0. The molecule has 120 valence electrons. The van der Waals surface area contributed by atoms with Gasteiger partial charge in [0.05, 0.1) is 13.3 Å². The van der Waals surface area contributed by atoms with Crippen LogP contribution in [-0.2, 0) is 0 Å². The van der Waals surface area contributed by atoms with Crippen molar-refractivity contribution in [2.24, 2.45) is 11.8 Å². The Kier molecular flexibility index (Phi) is 3.92. The molecule has 1 saturated heterocycles. The lowest BCUT2D eigenvalue weighted by Crippen LogP contribution is -2.34. The molecular weight excluding hydrogens is 288 g/mol. The van der Waals surface area contributed by atoms with Gasteiger partial charge >= 0.3 is 0 Å². The number of rotatable bonds is 4. The van der Waals surface area contributed by atoms with Crippen LogP contribution in [0.2, 0.25) is 0 Å². The maximum Gasteiger partial charge on any atom is 0.137 e. The minimum absolute atomic E-state index is 0.315. The second-order valence-electron chi connectivity index (χ2n) is 6.52. The molecule has 1 N–H and O–H groups in total. The van der Waals surface area contributed by atoms with Gasteiger partial charge in [-0.1, -0.05) is 18.2 Å². The number of nitrogens with one attached hydrogen (secondary N) is 1. The summed E-state index contributed by atoms with van der Waals surface area (Å²) in [7, 11) is 1.66. The van der Waals surface area contributed by atoms with Crippen molar-refractivity contribution in [2.75, 3.05) is 20.2 Å². The highest BCUT2D eigenvalue weighted by molar-refractivity contribution is 5.70. The molecule has 1 aliphatic heterocycles. The zero-order valence-corrected chi connectivity index (χ0v) is 13.4. The fourth-order valence-corrected chi connectivity index (χ4v) is 3.84. The molecule has 1 aliphatic carbocycles. The van der Waals surface area contributed by atoms with Crippen molar-refractivity contribution in [3.8, 4) is 22.6 Å². The molecule has 2 fully saturated rings. The molecular formula is C19H22N2O2. The van der Waals surface area contributed by atoms with E-state index in [1.54, 1.807) is 13.3 Å². The second kappa shape index (κ2) is 6.20. The maximum atomic E-state index is 6.44. The van der Waals surface area contributed by atoms with Crippen LogP contribution in [0.25, 0.3) is 11.1 Å². The fraction of sp³-hybridized carbons (Fsp3) is 0.421. The Morgan fingerprint density at radius 3 is 2.91 bits per heavy atom. The zero-order chi connectivity index (χ0) is 15.6. The summed E-state index contributed by atoms with van der Waals surface area (Å²) in [6.07, 6.45) is 6.34. The predicted octanol–water partition coefficient (Wildman–Crippen LogP) is 3.13. The molecule has 0 unspecified atom stereocenters. The molecule has 2 aliphatic rings. The Morgan fingerprint density at radius 2 is 2.04 bits per heavy atom. The number of ether oxygens (including phenoxy) is 2. The van der Waals surface area contributed by atoms with Gasteiger partial charge in [-0.05, 0) is 37.4 Å². The molecule has 0 amide bonds. The third-order valence-electron chi connectivity index (χ3n) is 4.99. The number of fused-ring (bicyclic) bond motifs is 2. The topological polar surface area (TPSA) is 43.4 Å². The molecule has 2 heterocycles. The number of hydrogen-bond donors (Lipinski definition) is 1. The van der Waals surface area contributed by atoms with Gasteiger partial charge in [0.2, 0.25) is 0 Å². The molecule has 23 heavy (non-hydrogen) atoms. The van der Waals surface area contributed by atoms with Crippen LogP contribution in [0.3, 0.4) is 0 Å². The molecule has 1 aromatic carbocycles. The standard InChI is InChI=1S/C19H22N2O2/c1-22-16-8-14(10-21-12-16)17-4-2-3-5-18(17)23-19-7-13-6-15(19)11-20-9-13/h2-5,8,10,12-13,15,19-20H,6-7,9,11H2,1H3/t13-,15-,19+/m1/s1. The molecule has 2 bridgehead atoms. The van der Waals surface area contributed by atoms with Crippen molar-refractivity contribution in [3.05, 3.63) is 42.7 Å². The number of methoxy groups -OCH3 is 1. The molecule has 3 atom stereocenters. The highest BCUT2D eigenvalue weighted by atomic mass is 16.5. The number of pyridine rings is 1. The molecule has 1 aromatic heterocycles. The van der Waals surface area contributed by atoms with E-state index in [9.17, 15) is 0 Å². The Morgan fingerprint density at radius 1 is 1.13 bits per heavy atom. The summed E-state index contributed by atoms with van der Waals surface area (Å²) in [5.74, 6) is 3.10. The number of piperidine rings is 1. The summed E-state index contributed by atoms with van der Waals surface area (Å²) in [5, 5.41) is 3.52. The number of benzene rings is 1. The molecule has 2 aromatic rings. The van der Waals surface area contributed by atoms with Crippen LogP contribution in [0, 0.1) is 11.8 Å². The van der Waals surface area contributed by atoms with Crippen LogP contribution in [0.4, 0.5) is 0 Å². The van der Waals surface area contributed by atoms with Crippen LogP contribution in [0.5, 0.6) is 11.5 Å². The van der Waals surface area contributed by atoms with Gasteiger partial charge < -0.3 is 14.8 Å². The fourth-order valence-electron chi connectivity index (χ4n) is 3.84. The highest BCUT2D eigenvalue weighted by Crippen LogP contribution is 2.39. The van der Waals surface area contributed by atoms with Crippen molar-refractivity contribution in [2.45, 2.75) is 18.9 Å². The van der Waals surface area contributed by atoms with Crippen LogP contribution < -0.4 is 14.8 Å². The van der Waals surface area contributed by atoms with Gasteiger partial charge in [-0.2, -0.15) is 0 Å². The zero-order valence-electron chi connectivity index (χ0n) is 13.4. The van der Waals surface area contributed by atoms with Crippen molar-refractivity contribution in [1.82, 2.24) is 10.3 Å². The summed E-state index contributed by atoms with van der Waals surface area (Å²) in [4.78, 5) is 4.27. The van der Waals surface area contributed by atoms with Gasteiger partial charge in [-0.3, -0.25) is 4.98 Å². The van der Waals surface area contributed by atoms with Crippen LogP contribution >= 0.6 is 0 Å². The SMILES string of the molecule is COc1cncc(-c2ccccc2O[C@H]2C[C@@H]3CNC[C@H]2C3)c1. The lowest BCUT2D eigenvalue weighted by atomic mass is 10.0. The summed E-state index contributed by atoms with van der Waals surface area (Å²) < 4.78 is 11.7. The van der Waals surface area contributed by atoms with E-state index in [1.165, 1.54) is 6.42 Å². The van der Waals surface area contributed by atoms with E-state index in [2.05, 4.69) is 22.4 Å². The first-order chi connectivity index (χ1) is 11.3. The van der Waals surface area contributed by atoms with Gasteiger partial charge in [0, 0.05) is 29.8 Å². The minimum Gasteiger partial charge on any atom is -0.495 e. The van der Waals surface area contributed by atoms with E-state index in [1.807, 2.05) is 24.4 Å². The summed E-state index contributed by atoms with van der Waals surface area (Å²) in [6, 6.07) is 10.2. The lowest BCUT2D eigenvalue weighted by molar-refractivity contribution is 0.161. The van der Waals surface area contributed by atoms with Gasteiger partial charge in [-0.15, -0.1) is 0 Å². The third kappa shape index (κ3) is 2.91. The summed E-state index contributed by atoms with van der Waals surface area (Å²) in [5.41, 5.74) is 2.10. The summed E-state index contributed by atoms with van der Waals surface area (Å²) >= 11 is 0. The van der Waals surface area contributed by atoms with Gasteiger partial charge in [0.25, 0.3) is 0 Å². The maximum absolute atomic E-state index is 6.44. The predicted molar refractivity (Wildman–Crippen MR) is 89.7 cm³/mol. The van der Waals surface area contributed by atoms with Crippen molar-refractivity contribution < 1.29 is 9.47 Å². The van der Waals surface area contributed by atoms with Crippen molar-refractivity contribution in [1.29, 1.82) is 0 Å². The van der Waals surface area contributed by atoms with E-state index in [0.717, 1.165) is 48.1 Å². The van der Waals surface area contributed by atoms with Gasteiger partial charge in [-0.25, -0.2) is 0 Å². The van der Waals surface area contributed by atoms with E-state index in [4.69, 9.17) is 9.47 Å². The molecule has 0 radical (unpaired) electrons. The van der Waals surface area contributed by atoms with Crippen molar-refractivity contribution >= 4 is 0 Å². The Hall–Kier alpha value is -2.07. The quantitative estimate of drug-likeness (QED) is 0.942. The second-order valence-corrected chi connectivity index (χ2v) is 6.52. The lowest BCUT2D eigenvalue weighted by Gasteiger charge is -2.23. The van der Waals surface area contributed by atoms with E-state index in [-0.39, 0.29) is 0 Å². The van der Waals surface area contributed by atoms with E-state index in [0.29, 0.717) is 12.0 Å². The average Bonchev–Trinajstić information content (AvgIpc) is 2.88. The highest BCUT2D eigenvalue weighted by Gasteiger charge is 2.38. The number of nitrogens with zero attached hydrogens (tertiary/aromatic N) is 1. The van der Waals surface area contributed by atoms with Crippen molar-refractivity contribution in [3.63, 3.8) is 0 Å². The Balaban J connectivity index is 1.62. The Bertz CT molecular complexity index is 689. The minimum atomic E-state index is 0.315. The summed E-state index contributed by atoms with van der Waals surface area (Å²) in [6.45, 7) is 2.21. The smallest absolute Gasteiger partial charge is 0.137 e. The Labute approximate surface area is 136 Å². The van der Waals surface area contributed by atoms with E-state index >= 15 is 0 Å². The van der Waals surface area contributed by atoms with Gasteiger partial charge in [0.15, 0.2) is 0 Å². The number of aromatic nitrogens is 1. The average molecular weight is 310 g/mol. The molecule has 0 spiro atoms. The van der Waals surface area contributed by atoms with E-state index < -0.39 is 0 Å². The monoisotopic (exact) mass is 310 g/mol. The van der Waals surface area contributed by atoms with Gasteiger partial charge in [0.1, 0.15) is 17.6 Å². The van der Waals surface area contributed by atoms with Crippen LogP contribution in [-0.4, -0.2) is 31.3 Å². The molecule has 4 heteroatoms. The molecule has 4 rings (SSSR count). The first-order valence-electron chi connectivity index (χ1n) is 8.29. The number of hydrogen-bond acceptors (Lipinski definition) is 4. The first-order valence-corrected chi connectivity index (χ1v) is 8.29. The number of para-hydroxylation sites is 1. The van der Waals surface area contributed by atoms with Crippen LogP contribution in [0.15, 0.2) is 42.7 Å². The molecule has 1 saturated carbocycles. The largest absolute Gasteiger partial charge is 0.495 e. The van der Waals surface area contributed by atoms with Crippen LogP contribution in [0.1, 0.15) is 12.8 Å². The third-order valence-corrected chi connectivity index (χ3v) is 4.99. The molecule has 4 nitrogen and oxygen atoms in total. The first kappa shape index (κ1) is 14.5.